The number of hydrogen-bond donors (Lipinski definition) is 2. The van der Waals surface area contributed by atoms with Crippen LogP contribution >= 0.6 is 24.0 Å². The van der Waals surface area contributed by atoms with Crippen LogP contribution in [0.3, 0.4) is 0 Å². The second-order valence-corrected chi connectivity index (χ2v) is 4.15. The molecule has 1 aromatic carbocycles. The molecule has 2 rings (SSSR count). The van der Waals surface area contributed by atoms with Crippen LogP contribution in [-0.4, -0.2) is 19.0 Å². The molecule has 0 saturated heterocycles. The molecule has 1 heterocycles. The van der Waals surface area contributed by atoms with E-state index < -0.39 is 0 Å². The second kappa shape index (κ2) is 7.19. The molecule has 0 spiro atoms. The molecule has 0 radical (unpaired) electrons. The molecule has 0 aliphatic rings. The Labute approximate surface area is 122 Å². The van der Waals surface area contributed by atoms with Gasteiger partial charge in [0.15, 0.2) is 5.76 Å². The molecule has 1 amide bonds. The van der Waals surface area contributed by atoms with Crippen molar-refractivity contribution >= 4 is 29.9 Å². The Morgan fingerprint density at radius 1 is 1.21 bits per heavy atom. The summed E-state index contributed by atoms with van der Waals surface area (Å²) >= 11 is 5.81. The lowest BCUT2D eigenvalue weighted by Gasteiger charge is -2.00. The molecule has 19 heavy (non-hydrogen) atoms. The summed E-state index contributed by atoms with van der Waals surface area (Å²) in [6.07, 6.45) is 0. The fourth-order valence-electron chi connectivity index (χ4n) is 1.50. The Hall–Kier alpha value is -1.49. The third-order valence-electron chi connectivity index (χ3n) is 2.39. The maximum absolute atomic E-state index is 11.6. The van der Waals surface area contributed by atoms with Gasteiger partial charge in [0.25, 0.3) is 5.91 Å². The monoisotopic (exact) mass is 300 g/mol. The van der Waals surface area contributed by atoms with E-state index in [1.54, 1.807) is 24.3 Å². The van der Waals surface area contributed by atoms with Gasteiger partial charge in [-0.15, -0.1) is 12.4 Å². The molecule has 3 N–H and O–H groups in total. The number of hydrogen-bond acceptors (Lipinski definition) is 3. The first kappa shape index (κ1) is 15.6. The first-order chi connectivity index (χ1) is 8.70. The lowest BCUT2D eigenvalue weighted by molar-refractivity contribution is 0.0928. The number of nitrogens with two attached hydrogens (primary N) is 1. The van der Waals surface area contributed by atoms with Crippen LogP contribution in [0.25, 0.3) is 11.3 Å². The van der Waals surface area contributed by atoms with Gasteiger partial charge in [-0.1, -0.05) is 11.6 Å². The summed E-state index contributed by atoms with van der Waals surface area (Å²) in [5.41, 5.74) is 6.18. The molecule has 0 aliphatic heterocycles. The normalized spacial score (nSPS) is 9.79. The maximum atomic E-state index is 11.6. The summed E-state index contributed by atoms with van der Waals surface area (Å²) in [6.45, 7) is 0.826. The van der Waals surface area contributed by atoms with Crippen LogP contribution in [0.2, 0.25) is 5.02 Å². The van der Waals surface area contributed by atoms with Gasteiger partial charge in [0, 0.05) is 23.7 Å². The topological polar surface area (TPSA) is 68.3 Å². The highest BCUT2D eigenvalue weighted by molar-refractivity contribution is 6.30. The molecule has 0 atom stereocenters. The summed E-state index contributed by atoms with van der Waals surface area (Å²) in [6, 6.07) is 10.6. The van der Waals surface area contributed by atoms with E-state index >= 15 is 0 Å². The van der Waals surface area contributed by atoms with E-state index in [0.29, 0.717) is 23.9 Å². The number of carbonyl (C=O) groups is 1. The number of benzene rings is 1. The quantitative estimate of drug-likeness (QED) is 0.912. The van der Waals surface area contributed by atoms with E-state index in [-0.39, 0.29) is 24.1 Å². The molecular weight excluding hydrogens is 287 g/mol. The van der Waals surface area contributed by atoms with Crippen LogP contribution in [0, 0.1) is 0 Å². The highest BCUT2D eigenvalue weighted by atomic mass is 35.5. The predicted octanol–water partition coefficient (Wildman–Crippen LogP) is 2.71. The van der Waals surface area contributed by atoms with Crippen LogP contribution in [0.1, 0.15) is 10.6 Å². The summed E-state index contributed by atoms with van der Waals surface area (Å²) in [5.74, 6) is 0.638. The van der Waals surface area contributed by atoms with Gasteiger partial charge in [-0.2, -0.15) is 0 Å². The summed E-state index contributed by atoms with van der Waals surface area (Å²) < 4.78 is 5.47. The minimum Gasteiger partial charge on any atom is -0.451 e. The number of halogens is 2. The average Bonchev–Trinajstić information content (AvgIpc) is 2.86. The smallest absolute Gasteiger partial charge is 0.287 e. The minimum atomic E-state index is -0.263. The van der Waals surface area contributed by atoms with Crippen LogP contribution in [-0.2, 0) is 0 Å². The van der Waals surface area contributed by atoms with Gasteiger partial charge in [0.2, 0.25) is 0 Å². The average molecular weight is 301 g/mol. The molecule has 6 heteroatoms. The Balaban J connectivity index is 0.00000180. The first-order valence-electron chi connectivity index (χ1n) is 5.55. The molecule has 102 valence electrons. The van der Waals surface area contributed by atoms with Gasteiger partial charge in [-0.3, -0.25) is 4.79 Å². The standard InChI is InChI=1S/C13H13ClN2O2.ClH/c14-10-3-1-9(2-4-10)11-5-6-12(18-11)13(17)16-8-7-15;/h1-6H,7-8,15H2,(H,16,17);1H. The van der Waals surface area contributed by atoms with Gasteiger partial charge >= 0.3 is 0 Å². The van der Waals surface area contributed by atoms with Crippen molar-refractivity contribution in [3.8, 4) is 11.3 Å². The van der Waals surface area contributed by atoms with Crippen molar-refractivity contribution in [2.75, 3.05) is 13.1 Å². The third kappa shape index (κ3) is 3.99. The third-order valence-corrected chi connectivity index (χ3v) is 2.64. The van der Waals surface area contributed by atoms with Crippen molar-refractivity contribution in [1.82, 2.24) is 5.32 Å². The van der Waals surface area contributed by atoms with Crippen LogP contribution in [0.4, 0.5) is 0 Å². The SMILES string of the molecule is Cl.NCCNC(=O)c1ccc(-c2ccc(Cl)cc2)o1. The van der Waals surface area contributed by atoms with Gasteiger partial charge < -0.3 is 15.5 Å². The van der Waals surface area contributed by atoms with E-state index in [4.69, 9.17) is 21.8 Å². The van der Waals surface area contributed by atoms with E-state index in [0.717, 1.165) is 5.56 Å². The van der Waals surface area contributed by atoms with Crippen molar-refractivity contribution in [1.29, 1.82) is 0 Å². The summed E-state index contributed by atoms with van der Waals surface area (Å²) in [7, 11) is 0. The Bertz CT molecular complexity index is 538. The number of furan rings is 1. The summed E-state index contributed by atoms with van der Waals surface area (Å²) in [5, 5.41) is 3.30. The fraction of sp³-hybridized carbons (Fsp3) is 0.154. The maximum Gasteiger partial charge on any atom is 0.287 e. The highest BCUT2D eigenvalue weighted by Gasteiger charge is 2.11. The Morgan fingerprint density at radius 2 is 1.89 bits per heavy atom. The second-order valence-electron chi connectivity index (χ2n) is 3.72. The first-order valence-corrected chi connectivity index (χ1v) is 5.92. The lowest BCUT2D eigenvalue weighted by atomic mass is 10.2. The van der Waals surface area contributed by atoms with Crippen LogP contribution in [0.5, 0.6) is 0 Å². The van der Waals surface area contributed by atoms with Crippen molar-refractivity contribution in [2.45, 2.75) is 0 Å². The predicted molar refractivity (Wildman–Crippen MR) is 77.8 cm³/mol. The molecule has 1 aromatic heterocycles. The zero-order valence-electron chi connectivity index (χ0n) is 10.1. The van der Waals surface area contributed by atoms with Gasteiger partial charge in [0.05, 0.1) is 0 Å². The van der Waals surface area contributed by atoms with Crippen LogP contribution in [0.15, 0.2) is 40.8 Å². The Kier molecular flexibility index (Phi) is 5.89. The van der Waals surface area contributed by atoms with Crippen molar-refractivity contribution in [2.24, 2.45) is 5.73 Å². The molecular formula is C13H14Cl2N2O2. The van der Waals surface area contributed by atoms with Crippen molar-refractivity contribution < 1.29 is 9.21 Å². The number of rotatable bonds is 4. The zero-order valence-corrected chi connectivity index (χ0v) is 11.6. The highest BCUT2D eigenvalue weighted by Crippen LogP contribution is 2.23. The lowest BCUT2D eigenvalue weighted by Crippen LogP contribution is -2.28. The molecule has 0 saturated carbocycles. The zero-order chi connectivity index (χ0) is 13.0. The molecule has 0 bridgehead atoms. The minimum absolute atomic E-state index is 0. The van der Waals surface area contributed by atoms with E-state index in [1.165, 1.54) is 0 Å². The van der Waals surface area contributed by atoms with Gasteiger partial charge in [-0.05, 0) is 36.4 Å². The Morgan fingerprint density at radius 3 is 2.53 bits per heavy atom. The van der Waals surface area contributed by atoms with Crippen LogP contribution < -0.4 is 11.1 Å². The molecule has 2 aromatic rings. The van der Waals surface area contributed by atoms with Crippen molar-refractivity contribution in [3.05, 3.63) is 47.2 Å². The number of carbonyl (C=O) groups excluding carboxylic acids is 1. The molecule has 0 fully saturated rings. The van der Waals surface area contributed by atoms with Gasteiger partial charge in [-0.25, -0.2) is 0 Å². The van der Waals surface area contributed by atoms with Crippen molar-refractivity contribution in [3.63, 3.8) is 0 Å². The van der Waals surface area contributed by atoms with E-state index in [2.05, 4.69) is 5.32 Å². The largest absolute Gasteiger partial charge is 0.451 e. The molecule has 4 nitrogen and oxygen atoms in total. The number of nitrogens with one attached hydrogen (secondary N) is 1. The van der Waals surface area contributed by atoms with E-state index in [9.17, 15) is 4.79 Å². The fourth-order valence-corrected chi connectivity index (χ4v) is 1.63. The molecule has 0 unspecified atom stereocenters. The van der Waals surface area contributed by atoms with E-state index in [1.807, 2.05) is 12.1 Å². The number of amides is 1. The summed E-state index contributed by atoms with van der Waals surface area (Å²) in [4.78, 5) is 11.6. The van der Waals surface area contributed by atoms with Gasteiger partial charge in [0.1, 0.15) is 5.76 Å². The molecule has 0 aliphatic carbocycles.